The van der Waals surface area contributed by atoms with Gasteiger partial charge in [0.15, 0.2) is 0 Å². The molecule has 0 aliphatic rings. The Labute approximate surface area is 159 Å². The molecule has 0 aromatic heterocycles. The van der Waals surface area contributed by atoms with E-state index in [2.05, 4.69) is 12.2 Å². The van der Waals surface area contributed by atoms with Gasteiger partial charge in [0.05, 0.1) is 6.04 Å². The van der Waals surface area contributed by atoms with E-state index in [9.17, 15) is 4.79 Å². The van der Waals surface area contributed by atoms with Gasteiger partial charge >= 0.3 is 0 Å². The van der Waals surface area contributed by atoms with Crippen molar-refractivity contribution >= 4 is 29.1 Å². The van der Waals surface area contributed by atoms with E-state index in [-0.39, 0.29) is 11.9 Å². The Hall–Kier alpha value is -1.71. The summed E-state index contributed by atoms with van der Waals surface area (Å²) in [6, 6.07) is 11.2. The maximum absolute atomic E-state index is 12.1. The standard InChI is InChI=1S/C20H23Cl2NO2/c1-13-7-8-16(11-14(13)2)25-12-15(3)23-20(24)10-9-17-18(21)5-4-6-19(17)22/h4-8,11,15H,9-10,12H2,1-3H3,(H,23,24). The lowest BCUT2D eigenvalue weighted by molar-refractivity contribution is -0.121. The molecule has 1 N–H and O–H groups in total. The van der Waals surface area contributed by atoms with Crippen LogP contribution in [0.4, 0.5) is 0 Å². The Morgan fingerprint density at radius 3 is 2.44 bits per heavy atom. The second kappa shape index (κ2) is 9.12. The summed E-state index contributed by atoms with van der Waals surface area (Å²) in [6.45, 7) is 6.45. The summed E-state index contributed by atoms with van der Waals surface area (Å²) in [5, 5.41) is 4.11. The first-order chi connectivity index (χ1) is 11.9. The van der Waals surface area contributed by atoms with Crippen molar-refractivity contribution < 1.29 is 9.53 Å². The van der Waals surface area contributed by atoms with Crippen molar-refractivity contribution in [1.29, 1.82) is 0 Å². The zero-order valence-corrected chi connectivity index (χ0v) is 16.2. The summed E-state index contributed by atoms with van der Waals surface area (Å²) in [5.41, 5.74) is 3.22. The Balaban J connectivity index is 1.79. The Bertz CT molecular complexity index is 726. The van der Waals surface area contributed by atoms with Gasteiger partial charge in [0.25, 0.3) is 0 Å². The van der Waals surface area contributed by atoms with Gasteiger partial charge in [0.2, 0.25) is 5.91 Å². The van der Waals surface area contributed by atoms with Gasteiger partial charge in [-0.3, -0.25) is 4.79 Å². The summed E-state index contributed by atoms with van der Waals surface area (Å²) in [6.07, 6.45) is 0.840. The Morgan fingerprint density at radius 2 is 1.80 bits per heavy atom. The van der Waals surface area contributed by atoms with Crippen molar-refractivity contribution in [3.05, 3.63) is 63.1 Å². The van der Waals surface area contributed by atoms with Crippen LogP contribution in [0, 0.1) is 13.8 Å². The molecule has 1 amide bonds. The second-order valence-corrected chi connectivity index (χ2v) is 7.04. The van der Waals surface area contributed by atoms with Crippen molar-refractivity contribution in [1.82, 2.24) is 5.32 Å². The number of hydrogen-bond donors (Lipinski definition) is 1. The zero-order valence-electron chi connectivity index (χ0n) is 14.7. The highest BCUT2D eigenvalue weighted by Gasteiger charge is 2.11. The topological polar surface area (TPSA) is 38.3 Å². The van der Waals surface area contributed by atoms with Crippen LogP contribution in [0.1, 0.15) is 30.0 Å². The molecule has 5 heteroatoms. The van der Waals surface area contributed by atoms with Crippen molar-refractivity contribution in [3.8, 4) is 5.75 Å². The van der Waals surface area contributed by atoms with Crippen molar-refractivity contribution in [2.45, 2.75) is 39.7 Å². The predicted octanol–water partition coefficient (Wildman–Crippen LogP) is 5.13. The minimum atomic E-state index is -0.0872. The fourth-order valence-electron chi connectivity index (χ4n) is 2.42. The molecule has 0 bridgehead atoms. The normalized spacial score (nSPS) is 11.9. The second-order valence-electron chi connectivity index (χ2n) is 6.23. The van der Waals surface area contributed by atoms with E-state index in [0.717, 1.165) is 11.3 Å². The minimum Gasteiger partial charge on any atom is -0.491 e. The molecule has 1 unspecified atom stereocenters. The number of carbonyl (C=O) groups is 1. The van der Waals surface area contributed by atoms with Crippen LogP contribution in [-0.4, -0.2) is 18.6 Å². The van der Waals surface area contributed by atoms with Crippen LogP contribution >= 0.6 is 23.2 Å². The molecule has 0 saturated carbocycles. The highest BCUT2D eigenvalue weighted by atomic mass is 35.5. The van der Waals surface area contributed by atoms with Gasteiger partial charge in [0, 0.05) is 16.5 Å². The molecule has 0 heterocycles. The molecule has 0 aliphatic heterocycles. The molecule has 0 fully saturated rings. The van der Waals surface area contributed by atoms with Crippen LogP contribution < -0.4 is 10.1 Å². The van der Waals surface area contributed by atoms with E-state index in [4.69, 9.17) is 27.9 Å². The van der Waals surface area contributed by atoms with E-state index < -0.39 is 0 Å². The number of benzene rings is 2. The van der Waals surface area contributed by atoms with Crippen molar-refractivity contribution in [2.75, 3.05) is 6.61 Å². The molecule has 3 nitrogen and oxygen atoms in total. The van der Waals surface area contributed by atoms with E-state index in [1.54, 1.807) is 18.2 Å². The first-order valence-corrected chi connectivity index (χ1v) is 9.04. The maximum atomic E-state index is 12.1. The van der Waals surface area contributed by atoms with Crippen LogP contribution in [-0.2, 0) is 11.2 Å². The lowest BCUT2D eigenvalue weighted by atomic mass is 10.1. The molecule has 0 saturated heterocycles. The predicted molar refractivity (Wildman–Crippen MR) is 104 cm³/mol. The first-order valence-electron chi connectivity index (χ1n) is 8.29. The summed E-state index contributed by atoms with van der Waals surface area (Å²) < 4.78 is 5.75. The quantitative estimate of drug-likeness (QED) is 0.724. The van der Waals surface area contributed by atoms with Gasteiger partial charge in [-0.1, -0.05) is 35.3 Å². The number of carbonyl (C=O) groups excluding carboxylic acids is 1. The number of rotatable bonds is 7. The van der Waals surface area contributed by atoms with Crippen molar-refractivity contribution in [2.24, 2.45) is 0 Å². The number of hydrogen-bond acceptors (Lipinski definition) is 2. The summed E-state index contributed by atoms with van der Waals surface area (Å²) in [7, 11) is 0. The Morgan fingerprint density at radius 1 is 1.12 bits per heavy atom. The molecule has 0 radical (unpaired) electrons. The van der Waals surface area contributed by atoms with Crippen molar-refractivity contribution in [3.63, 3.8) is 0 Å². The summed E-state index contributed by atoms with van der Waals surface area (Å²) in [5.74, 6) is 0.763. The molecule has 0 spiro atoms. The average molecular weight is 380 g/mol. The first kappa shape index (κ1) is 19.6. The van der Waals surface area contributed by atoms with Crippen LogP contribution in [0.15, 0.2) is 36.4 Å². The van der Waals surface area contributed by atoms with E-state index in [0.29, 0.717) is 29.5 Å². The Kier molecular flexibility index (Phi) is 7.15. The minimum absolute atomic E-state index is 0.0489. The highest BCUT2D eigenvalue weighted by molar-refractivity contribution is 6.36. The number of nitrogens with one attached hydrogen (secondary N) is 1. The molecular formula is C20H23Cl2NO2. The van der Waals surface area contributed by atoms with Gasteiger partial charge < -0.3 is 10.1 Å². The molecule has 2 aromatic carbocycles. The maximum Gasteiger partial charge on any atom is 0.220 e. The molecule has 25 heavy (non-hydrogen) atoms. The SMILES string of the molecule is Cc1ccc(OCC(C)NC(=O)CCc2c(Cl)cccc2Cl)cc1C. The lowest BCUT2D eigenvalue weighted by Crippen LogP contribution is -2.36. The largest absolute Gasteiger partial charge is 0.491 e. The number of aryl methyl sites for hydroxylation is 2. The van der Waals surface area contributed by atoms with Gasteiger partial charge in [0.1, 0.15) is 12.4 Å². The van der Waals surface area contributed by atoms with Crippen LogP contribution in [0.5, 0.6) is 5.75 Å². The van der Waals surface area contributed by atoms with Gasteiger partial charge in [-0.15, -0.1) is 0 Å². The van der Waals surface area contributed by atoms with Gasteiger partial charge in [-0.05, 0) is 68.1 Å². The van der Waals surface area contributed by atoms with E-state index in [1.165, 1.54) is 11.1 Å². The number of ether oxygens (including phenoxy) is 1. The monoisotopic (exact) mass is 379 g/mol. The third kappa shape index (κ3) is 5.94. The number of amides is 1. The molecule has 1 atom stereocenters. The smallest absolute Gasteiger partial charge is 0.220 e. The van der Waals surface area contributed by atoms with Crippen LogP contribution in [0.25, 0.3) is 0 Å². The third-order valence-corrected chi connectivity index (χ3v) is 4.76. The molecular weight excluding hydrogens is 357 g/mol. The summed E-state index contributed by atoms with van der Waals surface area (Å²) >= 11 is 12.2. The van der Waals surface area contributed by atoms with Gasteiger partial charge in [-0.2, -0.15) is 0 Å². The molecule has 2 aromatic rings. The fourth-order valence-corrected chi connectivity index (χ4v) is 3.01. The van der Waals surface area contributed by atoms with E-state index >= 15 is 0 Å². The third-order valence-electron chi connectivity index (χ3n) is 4.05. The molecule has 0 aliphatic carbocycles. The summed E-state index contributed by atoms with van der Waals surface area (Å²) in [4.78, 5) is 12.1. The number of halogens is 2. The van der Waals surface area contributed by atoms with Gasteiger partial charge in [-0.25, -0.2) is 0 Å². The average Bonchev–Trinajstić information content (AvgIpc) is 2.55. The van der Waals surface area contributed by atoms with Crippen LogP contribution in [0.2, 0.25) is 10.0 Å². The lowest BCUT2D eigenvalue weighted by Gasteiger charge is -2.16. The molecule has 134 valence electrons. The highest BCUT2D eigenvalue weighted by Crippen LogP contribution is 2.25. The fraction of sp³-hybridized carbons (Fsp3) is 0.350. The van der Waals surface area contributed by atoms with Crippen LogP contribution in [0.3, 0.4) is 0 Å². The molecule has 2 rings (SSSR count). The zero-order chi connectivity index (χ0) is 18.4. The van der Waals surface area contributed by atoms with E-state index in [1.807, 2.05) is 32.0 Å².